The van der Waals surface area contributed by atoms with Crippen LogP contribution in [0, 0.1) is 0 Å². The highest BCUT2D eigenvalue weighted by Gasteiger charge is 2.25. The van der Waals surface area contributed by atoms with Crippen molar-refractivity contribution in [3.05, 3.63) is 97.2 Å². The summed E-state index contributed by atoms with van der Waals surface area (Å²) in [4.78, 5) is 37.5. The zero-order valence-electron chi connectivity index (χ0n) is 50.3. The normalized spacial score (nSPS) is 13.4. The lowest BCUT2D eigenvalue weighted by Crippen LogP contribution is -2.40. The van der Waals surface area contributed by atoms with E-state index < -0.39 is 24.3 Å². The van der Waals surface area contributed by atoms with Crippen molar-refractivity contribution in [2.24, 2.45) is 0 Å². The molecule has 0 aromatic carbocycles. The fourth-order valence-corrected chi connectivity index (χ4v) is 8.56. The zero-order chi connectivity index (χ0) is 56.2. The minimum absolute atomic E-state index is 0.184. The molecule has 9 heteroatoms. The predicted octanol–water partition coefficient (Wildman–Crippen LogP) is 18.9. The Bertz CT molecular complexity index is 1580. The molecule has 442 valence electrons. The van der Waals surface area contributed by atoms with Gasteiger partial charge in [-0.2, -0.15) is 0 Å². The third-order valence-corrected chi connectivity index (χ3v) is 13.4. The Morgan fingerprint density at radius 2 is 0.740 bits per heavy atom. The van der Waals surface area contributed by atoms with Crippen molar-refractivity contribution in [2.75, 3.05) is 47.5 Å². The number of allylic oxidation sites excluding steroid dienone is 16. The topological polar surface area (TPSA) is 108 Å². The minimum Gasteiger partial charge on any atom is -0.477 e. The fourth-order valence-electron chi connectivity index (χ4n) is 8.56. The molecule has 0 aromatic rings. The van der Waals surface area contributed by atoms with Crippen molar-refractivity contribution < 1.29 is 42.9 Å². The van der Waals surface area contributed by atoms with E-state index in [1.54, 1.807) is 0 Å². The maximum absolute atomic E-state index is 12.9. The van der Waals surface area contributed by atoms with Crippen LogP contribution in [0.2, 0.25) is 0 Å². The molecule has 0 heterocycles. The highest BCUT2D eigenvalue weighted by atomic mass is 16.7. The molecule has 0 aliphatic heterocycles. The van der Waals surface area contributed by atoms with Crippen molar-refractivity contribution in [2.45, 2.75) is 270 Å². The molecule has 0 spiro atoms. The van der Waals surface area contributed by atoms with Gasteiger partial charge in [-0.3, -0.25) is 9.59 Å². The number of carboxylic acids is 1. The number of esters is 2. The average molecular weight is 1080 g/mol. The number of hydrogen-bond donors (Lipinski definition) is 1. The fraction of sp³-hybridized carbons (Fsp3) is 0.721. The lowest BCUT2D eigenvalue weighted by atomic mass is 10.0. The van der Waals surface area contributed by atoms with Crippen LogP contribution < -0.4 is 0 Å². The molecule has 2 atom stereocenters. The number of carbonyl (C=O) groups excluding carboxylic acids is 2. The first-order valence-corrected chi connectivity index (χ1v) is 31.4. The predicted molar refractivity (Wildman–Crippen MR) is 327 cm³/mol. The van der Waals surface area contributed by atoms with E-state index in [9.17, 15) is 19.5 Å². The smallest absolute Gasteiger partial charge is 0.361 e. The lowest BCUT2D eigenvalue weighted by molar-refractivity contribution is -0.870. The van der Waals surface area contributed by atoms with E-state index in [4.69, 9.17) is 18.9 Å². The van der Waals surface area contributed by atoms with E-state index >= 15 is 0 Å². The number of ether oxygens (including phenoxy) is 4. The SMILES string of the molecule is CC/C=C\C/C=C\C/C=C\C/C=C\C/C=C\C/C=C\C/C=C\C/C=C\CCCCCCCCCCCCC(=O)OC(COC(=O)CCCCCCCCCCCCCCCCCCC)COC(OCC[N+](C)(C)C)C(=O)O. The minimum atomic E-state index is -1.51. The number of unbranched alkanes of at least 4 members (excludes halogenated alkanes) is 26. The quantitative estimate of drug-likeness (QED) is 0.0211. The summed E-state index contributed by atoms with van der Waals surface area (Å²) in [5, 5.41) is 9.71. The van der Waals surface area contributed by atoms with Crippen LogP contribution in [0.4, 0.5) is 0 Å². The third-order valence-electron chi connectivity index (χ3n) is 13.4. The van der Waals surface area contributed by atoms with Crippen LogP contribution in [0.1, 0.15) is 258 Å². The van der Waals surface area contributed by atoms with Gasteiger partial charge < -0.3 is 28.5 Å². The Hall–Kier alpha value is -3.79. The van der Waals surface area contributed by atoms with Gasteiger partial charge in [-0.15, -0.1) is 0 Å². The van der Waals surface area contributed by atoms with E-state index in [2.05, 4.69) is 111 Å². The first-order valence-electron chi connectivity index (χ1n) is 31.4. The van der Waals surface area contributed by atoms with Gasteiger partial charge in [-0.05, 0) is 77.0 Å². The van der Waals surface area contributed by atoms with Gasteiger partial charge in [-0.1, -0.05) is 265 Å². The number of nitrogens with zero attached hydrogens (tertiary/aromatic N) is 1. The maximum Gasteiger partial charge on any atom is 0.361 e. The van der Waals surface area contributed by atoms with Crippen LogP contribution in [-0.2, 0) is 33.3 Å². The summed E-state index contributed by atoms with van der Waals surface area (Å²) in [5.74, 6) is -2.01. The molecule has 0 saturated carbocycles. The van der Waals surface area contributed by atoms with Crippen molar-refractivity contribution in [1.29, 1.82) is 0 Å². The number of likely N-dealkylation sites (N-methyl/N-ethyl adjacent to an activating group) is 1. The summed E-state index contributed by atoms with van der Waals surface area (Å²) in [5.41, 5.74) is 0. The maximum atomic E-state index is 12.9. The summed E-state index contributed by atoms with van der Waals surface area (Å²) in [6.45, 7) is 4.78. The van der Waals surface area contributed by atoms with Gasteiger partial charge in [-0.25, -0.2) is 4.79 Å². The number of carboxylic acid groups (broad SMARTS) is 1. The number of quaternary nitrogens is 1. The van der Waals surface area contributed by atoms with Gasteiger partial charge >= 0.3 is 17.9 Å². The van der Waals surface area contributed by atoms with Crippen LogP contribution in [0.5, 0.6) is 0 Å². The number of carbonyl (C=O) groups is 3. The van der Waals surface area contributed by atoms with Gasteiger partial charge in [0.05, 0.1) is 34.4 Å². The molecule has 0 bridgehead atoms. The molecule has 0 aromatic heterocycles. The van der Waals surface area contributed by atoms with Crippen LogP contribution in [0.3, 0.4) is 0 Å². The molecule has 77 heavy (non-hydrogen) atoms. The molecule has 0 fully saturated rings. The number of aliphatic carboxylic acids is 1. The van der Waals surface area contributed by atoms with Gasteiger partial charge in [0.15, 0.2) is 6.10 Å². The summed E-state index contributed by atoms with van der Waals surface area (Å²) in [6, 6.07) is 0. The molecule has 2 unspecified atom stereocenters. The summed E-state index contributed by atoms with van der Waals surface area (Å²) in [7, 11) is 5.97. The summed E-state index contributed by atoms with van der Waals surface area (Å²) in [6.07, 6.45) is 76.3. The van der Waals surface area contributed by atoms with Crippen molar-refractivity contribution in [3.63, 3.8) is 0 Å². The van der Waals surface area contributed by atoms with Gasteiger partial charge in [0.1, 0.15) is 13.2 Å². The van der Waals surface area contributed by atoms with Crippen molar-refractivity contribution in [1.82, 2.24) is 0 Å². The van der Waals surface area contributed by atoms with E-state index in [0.29, 0.717) is 23.9 Å². The van der Waals surface area contributed by atoms with E-state index in [-0.39, 0.29) is 32.2 Å². The first kappa shape index (κ1) is 73.2. The van der Waals surface area contributed by atoms with Gasteiger partial charge in [0.2, 0.25) is 0 Å². The highest BCUT2D eigenvalue weighted by molar-refractivity contribution is 5.71. The number of rotatable bonds is 57. The molecule has 9 nitrogen and oxygen atoms in total. The van der Waals surface area contributed by atoms with Gasteiger partial charge in [0, 0.05) is 12.8 Å². The largest absolute Gasteiger partial charge is 0.477 e. The Balaban J connectivity index is 4.18. The summed E-state index contributed by atoms with van der Waals surface area (Å²) < 4.78 is 22.9. The molecule has 0 aliphatic carbocycles. The van der Waals surface area contributed by atoms with Crippen molar-refractivity contribution >= 4 is 17.9 Å². The summed E-state index contributed by atoms with van der Waals surface area (Å²) >= 11 is 0. The molecule has 0 radical (unpaired) electrons. The zero-order valence-corrected chi connectivity index (χ0v) is 50.3. The van der Waals surface area contributed by atoms with E-state index in [1.165, 1.54) is 128 Å². The van der Waals surface area contributed by atoms with E-state index in [1.807, 2.05) is 21.1 Å². The van der Waals surface area contributed by atoms with Crippen LogP contribution in [0.15, 0.2) is 97.2 Å². The molecule has 0 rings (SSSR count). The first-order chi connectivity index (χ1) is 37.6. The molecular weight excluding hydrogens is 959 g/mol. The van der Waals surface area contributed by atoms with E-state index in [0.717, 1.165) is 96.3 Å². The third kappa shape index (κ3) is 59.7. The highest BCUT2D eigenvalue weighted by Crippen LogP contribution is 2.16. The average Bonchev–Trinajstić information content (AvgIpc) is 3.40. The second-order valence-corrected chi connectivity index (χ2v) is 22.0. The van der Waals surface area contributed by atoms with Crippen LogP contribution >= 0.6 is 0 Å². The van der Waals surface area contributed by atoms with Crippen LogP contribution in [-0.4, -0.2) is 87.4 Å². The second-order valence-electron chi connectivity index (χ2n) is 22.0. The molecular formula is C68H118NO8+. The molecule has 0 amide bonds. The molecule has 0 saturated heterocycles. The Morgan fingerprint density at radius 3 is 1.10 bits per heavy atom. The standard InChI is InChI=1S/C68H117NO8/c1-6-8-10-12-14-16-18-20-22-24-25-26-27-28-29-30-31-32-33-34-35-36-37-38-39-40-41-43-45-47-49-51-53-55-57-59-66(71)77-64(63-76-68(67(72)73)74-61-60-69(3,4)5)62-75-65(70)58-56-54-52-50-48-46-44-42-23-21-19-17-15-13-11-9-7-2/h8,10,14,16,20,22,25-26,28-29,31-32,34-35,37-38,64,68H,6-7,9,11-13,15,17-19,21,23-24,27,30,33,36,39-63H2,1-5H3/p+1/b10-8-,16-14-,22-20-,26-25-,29-28-,32-31-,35-34-,38-37-. The monoisotopic (exact) mass is 1080 g/mol. The Morgan fingerprint density at radius 1 is 0.403 bits per heavy atom. The van der Waals surface area contributed by atoms with Crippen LogP contribution in [0.25, 0.3) is 0 Å². The molecule has 1 N–H and O–H groups in total. The van der Waals surface area contributed by atoms with Crippen molar-refractivity contribution in [3.8, 4) is 0 Å². The second kappa shape index (κ2) is 58.4. The number of hydrogen-bond acceptors (Lipinski definition) is 7. The Kier molecular flexibility index (Phi) is 55.5. The lowest BCUT2D eigenvalue weighted by Gasteiger charge is -2.25. The Labute approximate surface area is 473 Å². The molecule has 0 aliphatic rings. The van der Waals surface area contributed by atoms with Gasteiger partial charge in [0.25, 0.3) is 6.29 Å².